The molecule has 2 atom stereocenters. The van der Waals surface area contributed by atoms with Gasteiger partial charge >= 0.3 is 0 Å². The van der Waals surface area contributed by atoms with E-state index in [1.165, 1.54) is 0 Å². The van der Waals surface area contributed by atoms with Crippen molar-refractivity contribution in [1.82, 2.24) is 14.9 Å². The summed E-state index contributed by atoms with van der Waals surface area (Å²) >= 11 is 1.59. The number of ether oxygens (including phenoxy) is 1. The minimum atomic E-state index is -1.06. The second kappa shape index (κ2) is 11.9. The average molecular weight is 545 g/mol. The van der Waals surface area contributed by atoms with Crippen molar-refractivity contribution < 1.29 is 9.53 Å². The Morgan fingerprint density at radius 1 is 1.31 bits per heavy atom. The fourth-order valence-electron chi connectivity index (χ4n) is 4.56. The third kappa shape index (κ3) is 6.61. The first-order valence-electron chi connectivity index (χ1n) is 12.9. The highest BCUT2D eigenvalue weighted by Crippen LogP contribution is 2.35. The minimum absolute atomic E-state index is 0.0424. The average Bonchev–Trinajstić information content (AvgIpc) is 3.57. The molecule has 8 nitrogen and oxygen atoms in total. The lowest BCUT2D eigenvalue weighted by atomic mass is 9.93. The van der Waals surface area contributed by atoms with Gasteiger partial charge in [0.05, 0.1) is 11.6 Å². The molecule has 3 N–H and O–H groups in total. The fourth-order valence-corrected chi connectivity index (χ4v) is 5.50. The molecular formula is C30H36N6O2S. The zero-order chi connectivity index (χ0) is 28.2. The molecule has 39 heavy (non-hydrogen) atoms. The zero-order valence-corrected chi connectivity index (χ0v) is 23.8. The lowest BCUT2D eigenvalue weighted by Gasteiger charge is -2.27. The van der Waals surface area contributed by atoms with Crippen molar-refractivity contribution >= 4 is 34.7 Å². The lowest BCUT2D eigenvalue weighted by Crippen LogP contribution is -2.47. The van der Waals surface area contributed by atoms with E-state index in [4.69, 9.17) is 20.9 Å². The number of hydrogen-bond donors (Lipinski definition) is 2. The molecule has 204 valence electrons. The van der Waals surface area contributed by atoms with E-state index in [2.05, 4.69) is 11.6 Å². The summed E-state index contributed by atoms with van der Waals surface area (Å²) in [6.07, 6.45) is 5.44. The molecular weight excluding hydrogens is 508 g/mol. The summed E-state index contributed by atoms with van der Waals surface area (Å²) in [5.74, 6) is 0.702. The molecule has 0 radical (unpaired) electrons. The number of hydrogen-bond acceptors (Lipinski definition) is 8. The summed E-state index contributed by atoms with van der Waals surface area (Å²) in [5.41, 5.74) is 8.35. The number of carbonyl (C=O) groups excluding carboxylic acids is 1. The number of nitrogens with zero attached hydrogens (tertiary/aromatic N) is 4. The number of rotatable bonds is 9. The Balaban J connectivity index is 1.64. The quantitative estimate of drug-likeness (QED) is 0.162. The summed E-state index contributed by atoms with van der Waals surface area (Å²) in [5, 5.41) is 11.7. The van der Waals surface area contributed by atoms with Crippen LogP contribution in [-0.4, -0.2) is 52.9 Å². The van der Waals surface area contributed by atoms with Crippen molar-refractivity contribution in [1.29, 1.82) is 5.41 Å². The van der Waals surface area contributed by atoms with Crippen LogP contribution in [0.4, 0.5) is 5.82 Å². The predicted molar refractivity (Wildman–Crippen MR) is 158 cm³/mol. The first-order valence-corrected chi connectivity index (χ1v) is 13.8. The van der Waals surface area contributed by atoms with E-state index in [1.54, 1.807) is 42.5 Å². The Morgan fingerprint density at radius 3 is 2.69 bits per heavy atom. The maximum Gasteiger partial charge on any atom is 0.254 e. The van der Waals surface area contributed by atoms with Crippen LogP contribution in [0.25, 0.3) is 5.76 Å². The second-order valence-corrected chi connectivity index (χ2v) is 11.1. The van der Waals surface area contributed by atoms with Crippen LogP contribution in [0.15, 0.2) is 66.6 Å². The number of amides is 1. The van der Waals surface area contributed by atoms with E-state index < -0.39 is 5.54 Å². The first kappa shape index (κ1) is 28.2. The van der Waals surface area contributed by atoms with Crippen LogP contribution in [0.1, 0.15) is 58.1 Å². The Hall–Kier alpha value is -3.82. The maximum absolute atomic E-state index is 13.8. The fraction of sp³-hybridized carbons (Fsp3) is 0.333. The van der Waals surface area contributed by atoms with Crippen LogP contribution in [-0.2, 0) is 11.2 Å². The highest BCUT2D eigenvalue weighted by Gasteiger charge is 2.33. The Bertz CT molecular complexity index is 1380. The normalized spacial score (nSPS) is 17.0. The van der Waals surface area contributed by atoms with Gasteiger partial charge in [-0.2, -0.15) is 0 Å². The van der Waals surface area contributed by atoms with E-state index in [1.807, 2.05) is 66.5 Å². The highest BCUT2D eigenvalue weighted by atomic mass is 32.1. The molecule has 1 aromatic carbocycles. The number of nitrogens with two attached hydrogens (primary N) is 1. The molecule has 1 fully saturated rings. The van der Waals surface area contributed by atoms with E-state index in [0.717, 1.165) is 29.1 Å². The Morgan fingerprint density at radius 2 is 2.05 bits per heavy atom. The number of anilines is 1. The molecule has 0 saturated carbocycles. The van der Waals surface area contributed by atoms with E-state index >= 15 is 0 Å². The summed E-state index contributed by atoms with van der Waals surface area (Å²) in [4.78, 5) is 27.0. The van der Waals surface area contributed by atoms with Crippen LogP contribution in [0, 0.1) is 12.3 Å². The number of likely N-dealkylation sites (tertiary alicyclic amines) is 1. The van der Waals surface area contributed by atoms with Gasteiger partial charge in [-0.15, -0.1) is 11.3 Å². The number of carbonyl (C=O) groups is 1. The van der Waals surface area contributed by atoms with Crippen molar-refractivity contribution in [2.45, 2.75) is 44.7 Å². The molecule has 1 aliphatic heterocycles. The van der Waals surface area contributed by atoms with Crippen molar-refractivity contribution in [3.63, 3.8) is 0 Å². The van der Waals surface area contributed by atoms with Gasteiger partial charge in [0.1, 0.15) is 16.5 Å². The van der Waals surface area contributed by atoms with Crippen LogP contribution >= 0.6 is 11.3 Å². The monoisotopic (exact) mass is 544 g/mol. The zero-order valence-electron chi connectivity index (χ0n) is 23.0. The van der Waals surface area contributed by atoms with Crippen molar-refractivity contribution in [3.8, 4) is 0 Å². The number of nitrogens with one attached hydrogen (secondary N) is 1. The molecule has 0 bridgehead atoms. The lowest BCUT2D eigenvalue weighted by molar-refractivity contribution is 0.0735. The predicted octanol–water partition coefficient (Wildman–Crippen LogP) is 5.37. The minimum Gasteiger partial charge on any atom is -0.439 e. The number of aryl methyl sites for hydroxylation is 1. The molecule has 1 aliphatic rings. The van der Waals surface area contributed by atoms with Gasteiger partial charge in [-0.05, 0) is 56.9 Å². The van der Waals surface area contributed by atoms with Crippen LogP contribution in [0.3, 0.4) is 0 Å². The number of thiazole rings is 1. The molecule has 2 aromatic heterocycles. The summed E-state index contributed by atoms with van der Waals surface area (Å²) in [7, 11) is 3.74. The van der Waals surface area contributed by atoms with Gasteiger partial charge in [0, 0.05) is 37.3 Å². The van der Waals surface area contributed by atoms with Crippen molar-refractivity contribution in [2.24, 2.45) is 5.73 Å². The smallest absolute Gasteiger partial charge is 0.254 e. The van der Waals surface area contributed by atoms with Crippen LogP contribution in [0.2, 0.25) is 0 Å². The molecule has 3 heterocycles. The van der Waals surface area contributed by atoms with Crippen LogP contribution < -0.4 is 10.6 Å². The molecule has 0 spiro atoms. The summed E-state index contributed by atoms with van der Waals surface area (Å²) in [6, 6.07) is 13.2. The SMILES string of the molecule is C=C/C=C(/OC(=N)C(C)(N)Cc1ccccc1)c1cc(C(=O)N2CCC[C@@H]2c2nc(C)cs2)cc(N(C)C)n1. The van der Waals surface area contributed by atoms with Gasteiger partial charge in [0.2, 0.25) is 5.90 Å². The van der Waals surface area contributed by atoms with E-state index in [9.17, 15) is 4.79 Å². The molecule has 1 saturated heterocycles. The third-order valence-corrected chi connectivity index (χ3v) is 7.68. The van der Waals surface area contributed by atoms with Gasteiger partial charge in [-0.3, -0.25) is 10.2 Å². The Labute approximate surface area is 234 Å². The van der Waals surface area contributed by atoms with E-state index in [0.29, 0.717) is 35.8 Å². The van der Waals surface area contributed by atoms with Gasteiger partial charge in [-0.25, -0.2) is 9.97 Å². The molecule has 4 rings (SSSR count). The number of benzene rings is 1. The van der Waals surface area contributed by atoms with Crippen LogP contribution in [0.5, 0.6) is 0 Å². The highest BCUT2D eigenvalue weighted by molar-refractivity contribution is 7.09. The van der Waals surface area contributed by atoms with Crippen molar-refractivity contribution in [3.05, 3.63) is 94.1 Å². The van der Waals surface area contributed by atoms with Gasteiger partial charge in [0.25, 0.3) is 5.91 Å². The molecule has 0 aliphatic carbocycles. The second-order valence-electron chi connectivity index (χ2n) is 10.3. The number of allylic oxidation sites excluding steroid dienone is 2. The standard InChI is InChI=1S/C30H36N6O2S/c1-6-11-25(38-29(31)30(3,32)18-21-12-8-7-9-13-21)23-16-22(17-26(34-23)35(4)5)28(37)36-15-10-14-24(36)27-33-20(2)19-39-27/h6-9,11-13,16-17,19,24,31H,1,10,14-15,18,32H2,2-5H3/b25-11+,31-29?/t24-,30?/m1/s1. The maximum atomic E-state index is 13.8. The molecule has 3 aromatic rings. The molecule has 9 heteroatoms. The summed E-state index contributed by atoms with van der Waals surface area (Å²) in [6.45, 7) is 8.21. The van der Waals surface area contributed by atoms with Gasteiger partial charge in [0.15, 0.2) is 5.76 Å². The molecule has 1 unspecified atom stereocenters. The third-order valence-electron chi connectivity index (χ3n) is 6.62. The van der Waals surface area contributed by atoms with Gasteiger partial charge in [-0.1, -0.05) is 43.0 Å². The number of aromatic nitrogens is 2. The van der Waals surface area contributed by atoms with Gasteiger partial charge < -0.3 is 20.3 Å². The summed E-state index contributed by atoms with van der Waals surface area (Å²) < 4.78 is 6.04. The van der Waals surface area contributed by atoms with E-state index in [-0.39, 0.29) is 17.8 Å². The topological polar surface area (TPSA) is 108 Å². The first-order chi connectivity index (χ1) is 18.6. The van der Waals surface area contributed by atoms with Crippen molar-refractivity contribution in [2.75, 3.05) is 25.5 Å². The Kier molecular flexibility index (Phi) is 8.62. The molecule has 1 amide bonds. The largest absolute Gasteiger partial charge is 0.439 e. The number of pyridine rings is 1.